The first kappa shape index (κ1) is 15.4. The Balaban J connectivity index is 1.79. The number of ether oxygens (including phenoxy) is 1. The summed E-state index contributed by atoms with van der Waals surface area (Å²) in [6.45, 7) is 2.35. The highest BCUT2D eigenvalue weighted by molar-refractivity contribution is 5.27. The maximum atomic E-state index is 13.1. The molecule has 0 radical (unpaired) electrons. The summed E-state index contributed by atoms with van der Waals surface area (Å²) < 4.78 is 31.4. The number of aryl methyl sites for hydroxylation is 1. The summed E-state index contributed by atoms with van der Waals surface area (Å²) in [4.78, 5) is 0. The van der Waals surface area contributed by atoms with Crippen molar-refractivity contribution in [3.63, 3.8) is 0 Å². The van der Waals surface area contributed by atoms with Crippen LogP contribution in [-0.4, -0.2) is 17.8 Å². The molecule has 0 fully saturated rings. The Hall–Kier alpha value is -1.94. The molecule has 2 rings (SSSR count). The number of benzene rings is 2. The van der Waals surface area contributed by atoms with Crippen molar-refractivity contribution in [2.45, 2.75) is 25.9 Å². The smallest absolute Gasteiger partial charge is 0.159 e. The van der Waals surface area contributed by atoms with Crippen LogP contribution in [0.25, 0.3) is 0 Å². The van der Waals surface area contributed by atoms with Gasteiger partial charge in [-0.1, -0.05) is 18.2 Å². The second kappa shape index (κ2) is 7.18. The quantitative estimate of drug-likeness (QED) is 0.880. The molecule has 112 valence electrons. The summed E-state index contributed by atoms with van der Waals surface area (Å²) >= 11 is 0. The molecule has 2 aromatic carbocycles. The molecule has 0 aliphatic carbocycles. The van der Waals surface area contributed by atoms with E-state index in [1.807, 2.05) is 31.2 Å². The first-order valence-electron chi connectivity index (χ1n) is 6.86. The largest absolute Gasteiger partial charge is 0.493 e. The summed E-state index contributed by atoms with van der Waals surface area (Å²) in [6.07, 6.45) is 0.0427. The highest BCUT2D eigenvalue weighted by Gasteiger charge is 2.09. The molecule has 2 aromatic rings. The van der Waals surface area contributed by atoms with Crippen LogP contribution in [0.1, 0.15) is 17.5 Å². The van der Waals surface area contributed by atoms with E-state index < -0.39 is 17.7 Å². The van der Waals surface area contributed by atoms with Gasteiger partial charge >= 0.3 is 0 Å². The Bertz CT molecular complexity index is 599. The molecule has 0 aliphatic heterocycles. The number of hydrogen-bond acceptors (Lipinski definition) is 2. The number of aliphatic hydroxyl groups is 1. The Morgan fingerprint density at radius 3 is 2.62 bits per heavy atom. The van der Waals surface area contributed by atoms with Crippen molar-refractivity contribution in [1.29, 1.82) is 0 Å². The van der Waals surface area contributed by atoms with Crippen molar-refractivity contribution in [2.24, 2.45) is 0 Å². The Morgan fingerprint density at radius 2 is 1.90 bits per heavy atom. The average Bonchev–Trinajstić information content (AvgIpc) is 2.43. The van der Waals surface area contributed by atoms with Crippen LogP contribution in [0.5, 0.6) is 5.75 Å². The van der Waals surface area contributed by atoms with Gasteiger partial charge in [-0.3, -0.25) is 0 Å². The van der Waals surface area contributed by atoms with E-state index in [1.54, 1.807) is 0 Å². The highest BCUT2D eigenvalue weighted by Crippen LogP contribution is 2.14. The van der Waals surface area contributed by atoms with E-state index in [-0.39, 0.29) is 6.42 Å². The van der Waals surface area contributed by atoms with Crippen LogP contribution in [0.15, 0.2) is 42.5 Å². The number of halogens is 2. The van der Waals surface area contributed by atoms with Crippen molar-refractivity contribution < 1.29 is 18.6 Å². The third-order valence-corrected chi connectivity index (χ3v) is 3.16. The van der Waals surface area contributed by atoms with Crippen LogP contribution < -0.4 is 4.74 Å². The molecule has 0 spiro atoms. The molecule has 2 nitrogen and oxygen atoms in total. The Kier molecular flexibility index (Phi) is 5.28. The molecular formula is C17H18F2O2. The molecule has 0 bridgehead atoms. The molecule has 0 amide bonds. The summed E-state index contributed by atoms with van der Waals surface area (Å²) in [5, 5.41) is 9.90. The molecule has 0 aliphatic rings. The normalized spacial score (nSPS) is 12.2. The Labute approximate surface area is 123 Å². The zero-order valence-electron chi connectivity index (χ0n) is 11.9. The topological polar surface area (TPSA) is 29.5 Å². The van der Waals surface area contributed by atoms with Gasteiger partial charge in [0.1, 0.15) is 5.75 Å². The lowest BCUT2D eigenvalue weighted by Gasteiger charge is -2.12. The second-order valence-electron chi connectivity index (χ2n) is 5.06. The van der Waals surface area contributed by atoms with Crippen LogP contribution in [0, 0.1) is 18.6 Å². The van der Waals surface area contributed by atoms with Gasteiger partial charge in [-0.2, -0.15) is 0 Å². The van der Waals surface area contributed by atoms with Gasteiger partial charge in [0.2, 0.25) is 0 Å². The van der Waals surface area contributed by atoms with Gasteiger partial charge < -0.3 is 9.84 Å². The van der Waals surface area contributed by atoms with Crippen molar-refractivity contribution in [1.82, 2.24) is 0 Å². The second-order valence-corrected chi connectivity index (χ2v) is 5.06. The number of hydrogen-bond donors (Lipinski definition) is 1. The molecular weight excluding hydrogens is 274 g/mol. The standard InChI is InChI=1S/C17H18F2O2/c1-12-3-2-4-15(9-12)21-8-7-14(20)10-13-5-6-16(18)17(19)11-13/h2-6,9,11,14,20H,7-8,10H2,1H3. The van der Waals surface area contributed by atoms with E-state index in [9.17, 15) is 13.9 Å². The van der Waals surface area contributed by atoms with E-state index in [0.717, 1.165) is 23.4 Å². The summed E-state index contributed by atoms with van der Waals surface area (Å²) in [7, 11) is 0. The lowest BCUT2D eigenvalue weighted by Crippen LogP contribution is -2.15. The molecule has 1 atom stereocenters. The maximum Gasteiger partial charge on any atom is 0.159 e. The van der Waals surface area contributed by atoms with E-state index in [2.05, 4.69) is 0 Å². The zero-order chi connectivity index (χ0) is 15.2. The van der Waals surface area contributed by atoms with Crippen LogP contribution in [0.2, 0.25) is 0 Å². The van der Waals surface area contributed by atoms with Gasteiger partial charge in [0, 0.05) is 6.42 Å². The minimum atomic E-state index is -0.893. The third kappa shape index (κ3) is 4.83. The fourth-order valence-corrected chi connectivity index (χ4v) is 2.06. The molecule has 0 heterocycles. The van der Waals surface area contributed by atoms with Gasteiger partial charge in [0.05, 0.1) is 12.7 Å². The molecule has 1 N–H and O–H groups in total. The molecule has 0 saturated heterocycles. The number of rotatable bonds is 6. The van der Waals surface area contributed by atoms with E-state index in [1.165, 1.54) is 6.07 Å². The average molecular weight is 292 g/mol. The summed E-state index contributed by atoms with van der Waals surface area (Å²) in [5.74, 6) is -1.01. The summed E-state index contributed by atoms with van der Waals surface area (Å²) in [5.41, 5.74) is 1.67. The molecule has 0 saturated carbocycles. The Morgan fingerprint density at radius 1 is 1.10 bits per heavy atom. The fourth-order valence-electron chi connectivity index (χ4n) is 2.06. The van der Waals surface area contributed by atoms with Gasteiger partial charge in [0.15, 0.2) is 11.6 Å². The van der Waals surface area contributed by atoms with Crippen molar-refractivity contribution in [3.05, 3.63) is 65.2 Å². The third-order valence-electron chi connectivity index (χ3n) is 3.16. The molecule has 0 aromatic heterocycles. The monoisotopic (exact) mass is 292 g/mol. The first-order valence-corrected chi connectivity index (χ1v) is 6.86. The van der Waals surface area contributed by atoms with Crippen molar-refractivity contribution in [3.8, 4) is 5.75 Å². The van der Waals surface area contributed by atoms with Crippen LogP contribution in [0.4, 0.5) is 8.78 Å². The van der Waals surface area contributed by atoms with E-state index >= 15 is 0 Å². The minimum Gasteiger partial charge on any atom is -0.493 e. The molecule has 1 unspecified atom stereocenters. The highest BCUT2D eigenvalue weighted by atomic mass is 19.2. The van der Waals surface area contributed by atoms with Gasteiger partial charge in [-0.25, -0.2) is 8.78 Å². The minimum absolute atomic E-state index is 0.272. The number of aliphatic hydroxyl groups excluding tert-OH is 1. The van der Waals surface area contributed by atoms with Crippen molar-refractivity contribution >= 4 is 0 Å². The zero-order valence-corrected chi connectivity index (χ0v) is 11.9. The van der Waals surface area contributed by atoms with Crippen molar-refractivity contribution in [2.75, 3.05) is 6.61 Å². The predicted octanol–water partition coefficient (Wildman–Crippen LogP) is 3.65. The van der Waals surface area contributed by atoms with Gasteiger partial charge in [-0.05, 0) is 48.7 Å². The van der Waals surface area contributed by atoms with Gasteiger partial charge in [0.25, 0.3) is 0 Å². The maximum absolute atomic E-state index is 13.1. The SMILES string of the molecule is Cc1cccc(OCCC(O)Cc2ccc(F)c(F)c2)c1. The first-order chi connectivity index (χ1) is 10.0. The van der Waals surface area contributed by atoms with E-state index in [4.69, 9.17) is 4.74 Å². The van der Waals surface area contributed by atoms with Crippen LogP contribution >= 0.6 is 0 Å². The lowest BCUT2D eigenvalue weighted by atomic mass is 10.1. The lowest BCUT2D eigenvalue weighted by molar-refractivity contribution is 0.139. The van der Waals surface area contributed by atoms with Crippen LogP contribution in [0.3, 0.4) is 0 Å². The van der Waals surface area contributed by atoms with Gasteiger partial charge in [-0.15, -0.1) is 0 Å². The van der Waals surface area contributed by atoms with E-state index in [0.29, 0.717) is 18.6 Å². The predicted molar refractivity (Wildman–Crippen MR) is 77.4 cm³/mol. The van der Waals surface area contributed by atoms with Crippen LogP contribution in [-0.2, 0) is 6.42 Å². The molecule has 21 heavy (non-hydrogen) atoms. The summed E-state index contributed by atoms with van der Waals surface area (Å²) in [6, 6.07) is 11.3. The fraction of sp³-hybridized carbons (Fsp3) is 0.294. The molecule has 4 heteroatoms.